The van der Waals surface area contributed by atoms with Crippen LogP contribution in [0.5, 0.6) is 5.75 Å². The first-order valence-electron chi connectivity index (χ1n) is 15.1. The second-order valence-corrected chi connectivity index (χ2v) is 13.1. The molecule has 7 rings (SSSR count). The van der Waals surface area contributed by atoms with E-state index in [-0.39, 0.29) is 11.0 Å². The molecule has 2 aromatic heterocycles. The molecule has 0 bridgehead atoms. The van der Waals surface area contributed by atoms with Crippen molar-refractivity contribution < 1.29 is 9.47 Å². The van der Waals surface area contributed by atoms with Crippen molar-refractivity contribution in [1.29, 1.82) is 0 Å². The highest BCUT2D eigenvalue weighted by Crippen LogP contribution is 2.66. The predicted octanol–water partition coefficient (Wildman–Crippen LogP) is 8.11. The Morgan fingerprint density at radius 2 is 1.73 bits per heavy atom. The van der Waals surface area contributed by atoms with Crippen LogP contribution in [-0.2, 0) is 17.6 Å². The lowest BCUT2D eigenvalue weighted by molar-refractivity contribution is -0.126. The van der Waals surface area contributed by atoms with Gasteiger partial charge in [0, 0.05) is 30.7 Å². The standard InChI is InChI=1S/C36H42N2O2/c1-23-6-9-25(10-7-23)34-32(38-22-24(2)8-15-33(38)37-34)21-36(40-5)19-17-31-30-13-11-26-20-27(39-4)12-14-28(26)29(30)16-18-35(31,36)3/h6-10,12,14-15,20,22,29-31H,11,13,16-19,21H2,1-5H3/t29-,30-,31+,35+,36-/m1/s1. The summed E-state index contributed by atoms with van der Waals surface area (Å²) < 4.78 is 14.7. The molecule has 4 aromatic rings. The van der Waals surface area contributed by atoms with E-state index in [4.69, 9.17) is 14.5 Å². The lowest BCUT2D eigenvalue weighted by Gasteiger charge is -2.54. The number of aryl methyl sites for hydroxylation is 3. The van der Waals surface area contributed by atoms with Gasteiger partial charge in [-0.15, -0.1) is 0 Å². The van der Waals surface area contributed by atoms with Crippen molar-refractivity contribution in [3.63, 3.8) is 0 Å². The maximum absolute atomic E-state index is 6.76. The molecule has 2 saturated carbocycles. The fraction of sp³-hybridized carbons (Fsp3) is 0.472. The maximum Gasteiger partial charge on any atom is 0.137 e. The first-order chi connectivity index (χ1) is 19.4. The van der Waals surface area contributed by atoms with Crippen molar-refractivity contribution in [2.24, 2.45) is 17.3 Å². The third kappa shape index (κ3) is 3.79. The predicted molar refractivity (Wildman–Crippen MR) is 161 cm³/mol. The summed E-state index contributed by atoms with van der Waals surface area (Å²) in [5, 5.41) is 0. The summed E-state index contributed by atoms with van der Waals surface area (Å²) in [7, 11) is 3.75. The molecule has 0 spiro atoms. The highest BCUT2D eigenvalue weighted by Gasteiger charge is 2.62. The molecule has 0 aliphatic heterocycles. The third-order valence-corrected chi connectivity index (χ3v) is 11.3. The summed E-state index contributed by atoms with van der Waals surface area (Å²) in [5.41, 5.74) is 10.1. The topological polar surface area (TPSA) is 35.8 Å². The molecule has 4 heteroatoms. The Hall–Kier alpha value is -3.11. The number of aromatic nitrogens is 2. The lowest BCUT2D eigenvalue weighted by Crippen LogP contribution is -2.53. The van der Waals surface area contributed by atoms with Crippen molar-refractivity contribution >= 4 is 5.65 Å². The first kappa shape index (κ1) is 25.8. The van der Waals surface area contributed by atoms with Crippen LogP contribution >= 0.6 is 0 Å². The van der Waals surface area contributed by atoms with Crippen LogP contribution in [0.4, 0.5) is 0 Å². The van der Waals surface area contributed by atoms with Gasteiger partial charge in [0.1, 0.15) is 11.4 Å². The highest BCUT2D eigenvalue weighted by atomic mass is 16.5. The number of ether oxygens (including phenoxy) is 2. The van der Waals surface area contributed by atoms with Crippen molar-refractivity contribution in [3.8, 4) is 17.0 Å². The van der Waals surface area contributed by atoms with Crippen LogP contribution in [0.15, 0.2) is 60.8 Å². The molecule has 5 atom stereocenters. The molecule has 2 aromatic carbocycles. The maximum atomic E-state index is 6.76. The number of imidazole rings is 1. The molecule has 208 valence electrons. The van der Waals surface area contributed by atoms with E-state index < -0.39 is 0 Å². The number of nitrogens with zero attached hydrogens (tertiary/aromatic N) is 2. The van der Waals surface area contributed by atoms with Crippen LogP contribution in [0.1, 0.15) is 72.9 Å². The Morgan fingerprint density at radius 3 is 2.50 bits per heavy atom. The van der Waals surface area contributed by atoms with Gasteiger partial charge in [-0.3, -0.25) is 0 Å². The van der Waals surface area contributed by atoms with Crippen molar-refractivity contribution in [3.05, 3.63) is 88.7 Å². The largest absolute Gasteiger partial charge is 0.497 e. The molecule has 0 amide bonds. The molecule has 0 radical (unpaired) electrons. The second kappa shape index (κ2) is 9.48. The van der Waals surface area contributed by atoms with E-state index in [1.165, 1.54) is 53.6 Å². The smallest absolute Gasteiger partial charge is 0.137 e. The number of methoxy groups -OCH3 is 2. The van der Waals surface area contributed by atoms with Crippen LogP contribution in [-0.4, -0.2) is 29.2 Å². The molecular formula is C36H42N2O2. The van der Waals surface area contributed by atoms with Gasteiger partial charge in [-0.25, -0.2) is 4.98 Å². The van der Waals surface area contributed by atoms with Crippen LogP contribution in [0.25, 0.3) is 16.9 Å². The van der Waals surface area contributed by atoms with Gasteiger partial charge >= 0.3 is 0 Å². The van der Waals surface area contributed by atoms with Crippen LogP contribution < -0.4 is 4.74 Å². The zero-order valence-electron chi connectivity index (χ0n) is 24.7. The number of hydrogen-bond donors (Lipinski definition) is 0. The SMILES string of the molecule is COc1ccc2c(c1)CC[C@@H]1[C@@H]2CC[C@@]2(C)[C@H]1CC[C@]2(Cc1c(-c2ccc(C)cc2)nc2ccc(C)cn12)OC. The number of pyridine rings is 1. The fourth-order valence-electron chi connectivity index (χ4n) is 9.06. The zero-order chi connectivity index (χ0) is 27.6. The van der Waals surface area contributed by atoms with Crippen molar-refractivity contribution in [2.75, 3.05) is 14.2 Å². The number of benzene rings is 2. The number of hydrogen-bond acceptors (Lipinski definition) is 3. The monoisotopic (exact) mass is 534 g/mol. The van der Waals surface area contributed by atoms with E-state index in [1.54, 1.807) is 12.7 Å². The van der Waals surface area contributed by atoms with Crippen molar-refractivity contribution in [1.82, 2.24) is 9.38 Å². The molecule has 0 unspecified atom stereocenters. The molecule has 4 nitrogen and oxygen atoms in total. The highest BCUT2D eigenvalue weighted by molar-refractivity contribution is 5.67. The van der Waals surface area contributed by atoms with Gasteiger partial charge in [-0.2, -0.15) is 0 Å². The Bertz CT molecular complexity index is 1570. The first-order valence-corrected chi connectivity index (χ1v) is 15.1. The summed E-state index contributed by atoms with van der Waals surface area (Å²) in [4.78, 5) is 5.19. The van der Waals surface area contributed by atoms with Crippen LogP contribution in [0, 0.1) is 31.1 Å². The van der Waals surface area contributed by atoms with Crippen LogP contribution in [0.3, 0.4) is 0 Å². The fourth-order valence-corrected chi connectivity index (χ4v) is 9.06. The summed E-state index contributed by atoms with van der Waals surface area (Å²) in [6, 6.07) is 20.0. The molecule has 0 N–H and O–H groups in total. The summed E-state index contributed by atoms with van der Waals surface area (Å²) in [6.07, 6.45) is 10.4. The number of rotatable bonds is 5. The molecule has 2 fully saturated rings. The summed E-state index contributed by atoms with van der Waals surface area (Å²) in [6.45, 7) is 6.88. The van der Waals surface area contributed by atoms with Gasteiger partial charge < -0.3 is 13.9 Å². The van der Waals surface area contributed by atoms with Crippen molar-refractivity contribution in [2.45, 2.75) is 77.2 Å². The third-order valence-electron chi connectivity index (χ3n) is 11.3. The molecule has 3 aliphatic rings. The normalized spacial score (nSPS) is 29.2. The van der Waals surface area contributed by atoms with Gasteiger partial charge in [-0.1, -0.05) is 48.9 Å². The Morgan fingerprint density at radius 1 is 0.925 bits per heavy atom. The van der Waals surface area contributed by atoms with Gasteiger partial charge in [0.2, 0.25) is 0 Å². The minimum Gasteiger partial charge on any atom is -0.497 e. The lowest BCUT2D eigenvalue weighted by atomic mass is 9.52. The van der Waals surface area contributed by atoms with Gasteiger partial charge in [0.25, 0.3) is 0 Å². The molecule has 2 heterocycles. The van der Waals surface area contributed by atoms with E-state index in [9.17, 15) is 0 Å². The van der Waals surface area contributed by atoms with Gasteiger partial charge in [-0.05, 0) is 105 Å². The number of fused-ring (bicyclic) bond motifs is 6. The Balaban J connectivity index is 1.28. The summed E-state index contributed by atoms with van der Waals surface area (Å²) in [5.74, 6) is 3.04. The van der Waals surface area contributed by atoms with E-state index in [0.717, 1.165) is 42.3 Å². The van der Waals surface area contributed by atoms with E-state index in [0.29, 0.717) is 11.8 Å². The van der Waals surface area contributed by atoms with Gasteiger partial charge in [0.05, 0.1) is 24.1 Å². The van der Waals surface area contributed by atoms with E-state index in [2.05, 4.69) is 86.0 Å². The minimum absolute atomic E-state index is 0.130. The van der Waals surface area contributed by atoms with Crippen LogP contribution in [0.2, 0.25) is 0 Å². The second-order valence-electron chi connectivity index (χ2n) is 13.1. The quantitative estimate of drug-likeness (QED) is 0.259. The zero-order valence-corrected chi connectivity index (χ0v) is 24.7. The van der Waals surface area contributed by atoms with Gasteiger partial charge in [0.15, 0.2) is 0 Å². The molecule has 0 saturated heterocycles. The van der Waals surface area contributed by atoms with E-state index in [1.807, 2.05) is 7.11 Å². The summed E-state index contributed by atoms with van der Waals surface area (Å²) >= 11 is 0. The Labute approximate surface area is 238 Å². The molecule has 40 heavy (non-hydrogen) atoms. The molecule has 3 aliphatic carbocycles. The average Bonchev–Trinajstić information content (AvgIpc) is 3.47. The Kier molecular flexibility index (Phi) is 6.12. The van der Waals surface area contributed by atoms with E-state index >= 15 is 0 Å². The average molecular weight is 535 g/mol. The minimum atomic E-state index is -0.206. The molecular weight excluding hydrogens is 492 g/mol.